The van der Waals surface area contributed by atoms with Gasteiger partial charge in [0.15, 0.2) is 11.5 Å². The van der Waals surface area contributed by atoms with E-state index in [0.29, 0.717) is 13.2 Å². The number of benzene rings is 1. The van der Waals surface area contributed by atoms with Crippen LogP contribution in [0.2, 0.25) is 0 Å². The van der Waals surface area contributed by atoms with Crippen molar-refractivity contribution in [1.29, 1.82) is 0 Å². The predicted octanol–water partition coefficient (Wildman–Crippen LogP) is 4.38. The second-order valence-corrected chi connectivity index (χ2v) is 4.64. The van der Waals surface area contributed by atoms with Crippen molar-refractivity contribution < 1.29 is 9.47 Å². The summed E-state index contributed by atoms with van der Waals surface area (Å²) in [5, 5.41) is 0. The molecular formula is C16H24O2. The van der Waals surface area contributed by atoms with Crippen LogP contribution in [0.5, 0.6) is 11.5 Å². The Bertz CT molecular complexity index is 383. The van der Waals surface area contributed by atoms with E-state index < -0.39 is 0 Å². The summed E-state index contributed by atoms with van der Waals surface area (Å²) in [4.78, 5) is 0. The summed E-state index contributed by atoms with van der Waals surface area (Å²) >= 11 is 0. The zero-order valence-corrected chi connectivity index (χ0v) is 11.8. The zero-order chi connectivity index (χ0) is 13.4. The lowest BCUT2D eigenvalue weighted by Gasteiger charge is -2.18. The van der Waals surface area contributed by atoms with Crippen LogP contribution in [0.1, 0.15) is 39.2 Å². The molecule has 2 nitrogen and oxygen atoms in total. The average Bonchev–Trinajstić information content (AvgIpc) is 2.37. The quantitative estimate of drug-likeness (QED) is 0.739. The van der Waals surface area contributed by atoms with E-state index in [4.69, 9.17) is 9.47 Å². The number of hydrogen-bond donors (Lipinski definition) is 0. The van der Waals surface area contributed by atoms with Crippen LogP contribution in [0, 0.1) is 0 Å². The molecule has 1 aliphatic heterocycles. The first-order valence-corrected chi connectivity index (χ1v) is 6.70. The highest BCUT2D eigenvalue weighted by Crippen LogP contribution is 2.31. The molecule has 1 aliphatic rings. The lowest BCUT2D eigenvalue weighted by atomic mass is 10.1. The Balaban J connectivity index is 0.000000492. The summed E-state index contributed by atoms with van der Waals surface area (Å²) in [6.45, 7) is 11.5. The first-order chi connectivity index (χ1) is 8.67. The third-order valence-corrected chi connectivity index (χ3v) is 2.45. The molecule has 0 saturated carbocycles. The minimum Gasteiger partial charge on any atom is -0.486 e. The maximum absolute atomic E-state index is 5.52. The smallest absolute Gasteiger partial charge is 0.161 e. The molecule has 0 bridgehead atoms. The number of aryl methyl sites for hydroxylation is 1. The number of ether oxygens (including phenoxy) is 2. The number of fused-ring (bicyclic) bond motifs is 1. The summed E-state index contributed by atoms with van der Waals surface area (Å²) in [5.74, 6) is 1.74. The topological polar surface area (TPSA) is 18.5 Å². The SMILES string of the molecule is C=C(C)CCc1ccc2c(c1)OCCO2.CCC. The molecule has 1 aromatic rings. The molecule has 0 radical (unpaired) electrons. The zero-order valence-electron chi connectivity index (χ0n) is 11.8. The average molecular weight is 248 g/mol. The normalized spacial score (nSPS) is 12.4. The summed E-state index contributed by atoms with van der Waals surface area (Å²) < 4.78 is 11.0. The van der Waals surface area contributed by atoms with Crippen molar-refractivity contribution >= 4 is 0 Å². The monoisotopic (exact) mass is 248 g/mol. The van der Waals surface area contributed by atoms with E-state index >= 15 is 0 Å². The molecule has 0 unspecified atom stereocenters. The van der Waals surface area contributed by atoms with Crippen molar-refractivity contribution in [2.24, 2.45) is 0 Å². The van der Waals surface area contributed by atoms with Gasteiger partial charge >= 0.3 is 0 Å². The Morgan fingerprint density at radius 3 is 2.39 bits per heavy atom. The van der Waals surface area contributed by atoms with Crippen molar-refractivity contribution in [3.63, 3.8) is 0 Å². The molecule has 0 amide bonds. The van der Waals surface area contributed by atoms with Crippen molar-refractivity contribution in [3.8, 4) is 11.5 Å². The Morgan fingerprint density at radius 2 is 1.78 bits per heavy atom. The third-order valence-electron chi connectivity index (χ3n) is 2.45. The molecule has 0 fully saturated rings. The van der Waals surface area contributed by atoms with Gasteiger partial charge in [-0.15, -0.1) is 6.58 Å². The number of rotatable bonds is 3. The Kier molecular flexibility index (Phi) is 6.34. The molecule has 2 heteroatoms. The van der Waals surface area contributed by atoms with Gasteiger partial charge in [0, 0.05) is 0 Å². The van der Waals surface area contributed by atoms with E-state index in [1.54, 1.807) is 0 Å². The van der Waals surface area contributed by atoms with Gasteiger partial charge in [-0.2, -0.15) is 0 Å². The molecule has 0 aliphatic carbocycles. The molecule has 0 spiro atoms. The fraction of sp³-hybridized carbons (Fsp3) is 0.500. The molecule has 100 valence electrons. The Hall–Kier alpha value is -1.44. The molecule has 1 heterocycles. The Morgan fingerprint density at radius 1 is 1.17 bits per heavy atom. The van der Waals surface area contributed by atoms with Crippen LogP contribution in [-0.4, -0.2) is 13.2 Å². The van der Waals surface area contributed by atoms with Crippen LogP contribution in [-0.2, 0) is 6.42 Å². The van der Waals surface area contributed by atoms with Crippen molar-refractivity contribution in [1.82, 2.24) is 0 Å². The van der Waals surface area contributed by atoms with E-state index in [2.05, 4.69) is 39.5 Å². The molecule has 0 saturated heterocycles. The second-order valence-electron chi connectivity index (χ2n) is 4.64. The number of allylic oxidation sites excluding steroid dienone is 1. The highest BCUT2D eigenvalue weighted by molar-refractivity contribution is 5.43. The van der Waals surface area contributed by atoms with Gasteiger partial charge in [0.25, 0.3) is 0 Å². The van der Waals surface area contributed by atoms with Crippen LogP contribution in [0.4, 0.5) is 0 Å². The number of hydrogen-bond acceptors (Lipinski definition) is 2. The van der Waals surface area contributed by atoms with Crippen LogP contribution >= 0.6 is 0 Å². The van der Waals surface area contributed by atoms with Gasteiger partial charge in [-0.1, -0.05) is 31.9 Å². The van der Waals surface area contributed by atoms with Gasteiger partial charge in [-0.25, -0.2) is 0 Å². The molecular weight excluding hydrogens is 224 g/mol. The van der Waals surface area contributed by atoms with Gasteiger partial charge < -0.3 is 9.47 Å². The standard InChI is InChI=1S/C13H16O2.C3H8/c1-10(2)3-4-11-5-6-12-13(9-11)15-8-7-14-12;1-3-2/h5-6,9H,1,3-4,7-8H2,2H3;3H2,1-2H3. The fourth-order valence-electron chi connectivity index (χ4n) is 1.60. The van der Waals surface area contributed by atoms with Crippen LogP contribution < -0.4 is 9.47 Å². The molecule has 0 N–H and O–H groups in total. The van der Waals surface area contributed by atoms with E-state index in [0.717, 1.165) is 24.3 Å². The van der Waals surface area contributed by atoms with E-state index in [9.17, 15) is 0 Å². The highest BCUT2D eigenvalue weighted by atomic mass is 16.6. The molecule has 1 aromatic carbocycles. The van der Waals surface area contributed by atoms with E-state index in [1.165, 1.54) is 17.6 Å². The van der Waals surface area contributed by atoms with Crippen molar-refractivity contribution in [3.05, 3.63) is 35.9 Å². The maximum atomic E-state index is 5.52. The highest BCUT2D eigenvalue weighted by Gasteiger charge is 2.11. The predicted molar refractivity (Wildman–Crippen MR) is 76.5 cm³/mol. The lowest BCUT2D eigenvalue weighted by molar-refractivity contribution is 0.171. The molecule has 2 rings (SSSR count). The Labute approximate surface area is 111 Å². The molecule has 0 aromatic heterocycles. The van der Waals surface area contributed by atoms with Crippen LogP contribution in [0.3, 0.4) is 0 Å². The molecule has 18 heavy (non-hydrogen) atoms. The minimum absolute atomic E-state index is 0.650. The van der Waals surface area contributed by atoms with Crippen LogP contribution in [0.25, 0.3) is 0 Å². The maximum Gasteiger partial charge on any atom is 0.161 e. The summed E-state index contributed by atoms with van der Waals surface area (Å²) in [5.41, 5.74) is 2.49. The van der Waals surface area contributed by atoms with E-state index in [-0.39, 0.29) is 0 Å². The van der Waals surface area contributed by atoms with Gasteiger partial charge in [-0.05, 0) is 37.5 Å². The fourth-order valence-corrected chi connectivity index (χ4v) is 1.60. The summed E-state index contributed by atoms with van der Waals surface area (Å²) in [7, 11) is 0. The first-order valence-electron chi connectivity index (χ1n) is 6.70. The summed E-state index contributed by atoms with van der Waals surface area (Å²) in [6.07, 6.45) is 3.30. The van der Waals surface area contributed by atoms with Gasteiger partial charge in [0.05, 0.1) is 0 Å². The van der Waals surface area contributed by atoms with E-state index in [1.807, 2.05) is 6.07 Å². The van der Waals surface area contributed by atoms with Crippen molar-refractivity contribution in [2.75, 3.05) is 13.2 Å². The minimum atomic E-state index is 0.650. The molecule has 0 atom stereocenters. The third kappa shape index (κ3) is 4.82. The van der Waals surface area contributed by atoms with Crippen molar-refractivity contribution in [2.45, 2.75) is 40.0 Å². The largest absolute Gasteiger partial charge is 0.486 e. The lowest BCUT2D eigenvalue weighted by Crippen LogP contribution is -2.15. The second kappa shape index (κ2) is 7.80. The van der Waals surface area contributed by atoms with Gasteiger partial charge in [-0.3, -0.25) is 0 Å². The van der Waals surface area contributed by atoms with Gasteiger partial charge in [0.1, 0.15) is 13.2 Å². The van der Waals surface area contributed by atoms with Crippen LogP contribution in [0.15, 0.2) is 30.4 Å². The first kappa shape index (κ1) is 14.6. The summed E-state index contributed by atoms with van der Waals surface area (Å²) in [6, 6.07) is 6.15. The van der Waals surface area contributed by atoms with Gasteiger partial charge in [0.2, 0.25) is 0 Å².